The molecule has 6 nitrogen and oxygen atoms in total. The highest BCUT2D eigenvalue weighted by Gasteiger charge is 2.31. The van der Waals surface area contributed by atoms with Crippen molar-refractivity contribution in [1.29, 1.82) is 0 Å². The van der Waals surface area contributed by atoms with Crippen LogP contribution in [0.25, 0.3) is 11.1 Å². The number of carboxylic acid groups (broad SMARTS) is 1. The minimum absolute atomic E-state index is 0.253. The van der Waals surface area contributed by atoms with Gasteiger partial charge in [-0.15, -0.1) is 11.3 Å². The van der Waals surface area contributed by atoms with Crippen molar-refractivity contribution in [2.24, 2.45) is 11.8 Å². The molecule has 0 spiro atoms. The van der Waals surface area contributed by atoms with E-state index in [2.05, 4.69) is 5.32 Å². The van der Waals surface area contributed by atoms with Gasteiger partial charge in [-0.25, -0.2) is 4.79 Å². The number of aryl methyl sites for hydroxylation is 1. The molecule has 3 rings (SSSR count). The Balaban J connectivity index is 1.92. The van der Waals surface area contributed by atoms with Gasteiger partial charge in [-0.1, -0.05) is 42.0 Å². The zero-order chi connectivity index (χ0) is 20.3. The van der Waals surface area contributed by atoms with Crippen molar-refractivity contribution in [2.45, 2.75) is 19.8 Å². The van der Waals surface area contributed by atoms with Crippen LogP contribution in [0.1, 0.15) is 28.8 Å². The molecule has 7 heteroatoms. The molecule has 1 N–H and O–H groups in total. The van der Waals surface area contributed by atoms with Crippen LogP contribution in [-0.4, -0.2) is 25.0 Å². The molecule has 2 aromatic rings. The lowest BCUT2D eigenvalue weighted by molar-refractivity contribution is -0.313. The number of ether oxygens (including phenoxy) is 1. The minimum Gasteiger partial charge on any atom is -0.550 e. The zero-order valence-electron chi connectivity index (χ0n) is 15.6. The topological polar surface area (TPSA) is 95.5 Å². The zero-order valence-corrected chi connectivity index (χ0v) is 16.4. The molecule has 1 aliphatic carbocycles. The first-order valence-corrected chi connectivity index (χ1v) is 9.74. The van der Waals surface area contributed by atoms with Gasteiger partial charge in [-0.3, -0.25) is 4.79 Å². The van der Waals surface area contributed by atoms with Crippen molar-refractivity contribution in [3.63, 3.8) is 0 Å². The Morgan fingerprint density at radius 2 is 1.75 bits per heavy atom. The summed E-state index contributed by atoms with van der Waals surface area (Å²) in [5.74, 6) is -3.88. The van der Waals surface area contributed by atoms with E-state index in [-0.39, 0.29) is 12.0 Å². The highest BCUT2D eigenvalue weighted by Crippen LogP contribution is 2.37. The van der Waals surface area contributed by atoms with Crippen LogP contribution < -0.4 is 10.4 Å². The van der Waals surface area contributed by atoms with E-state index in [0.29, 0.717) is 17.0 Å². The second kappa shape index (κ2) is 8.39. The number of thiophene rings is 1. The fraction of sp³-hybridized carbons (Fsp3) is 0.286. The van der Waals surface area contributed by atoms with E-state index in [4.69, 9.17) is 4.74 Å². The Morgan fingerprint density at radius 1 is 1.11 bits per heavy atom. The lowest BCUT2D eigenvalue weighted by Crippen LogP contribution is -2.41. The van der Waals surface area contributed by atoms with E-state index in [9.17, 15) is 19.5 Å². The SMILES string of the molecule is COC(=O)c1c(-c2ccc(C)cc2)csc1NC(=O)[C@@H]1CC=CC[C@@H]1C(=O)[O-]. The predicted molar refractivity (Wildman–Crippen MR) is 105 cm³/mol. The minimum atomic E-state index is -1.25. The molecule has 146 valence electrons. The predicted octanol–water partition coefficient (Wildman–Crippen LogP) is 2.78. The Morgan fingerprint density at radius 3 is 2.36 bits per heavy atom. The quantitative estimate of drug-likeness (QED) is 0.617. The van der Waals surface area contributed by atoms with Gasteiger partial charge in [-0.05, 0) is 25.3 Å². The van der Waals surface area contributed by atoms with Gasteiger partial charge in [-0.2, -0.15) is 0 Å². The van der Waals surface area contributed by atoms with Crippen LogP contribution in [0.2, 0.25) is 0 Å². The molecular formula is C21H20NO5S-. The first kappa shape index (κ1) is 19.8. The molecule has 2 atom stereocenters. The van der Waals surface area contributed by atoms with Crippen LogP contribution >= 0.6 is 11.3 Å². The van der Waals surface area contributed by atoms with Crippen LogP contribution in [0.15, 0.2) is 41.8 Å². The van der Waals surface area contributed by atoms with E-state index >= 15 is 0 Å². The number of esters is 1. The molecule has 1 aromatic carbocycles. The number of hydrogen-bond donors (Lipinski definition) is 1. The third kappa shape index (κ3) is 3.99. The maximum absolute atomic E-state index is 12.8. The van der Waals surface area contributed by atoms with Gasteiger partial charge in [0.1, 0.15) is 10.6 Å². The molecule has 1 heterocycles. The average Bonchev–Trinajstić information content (AvgIpc) is 3.11. The van der Waals surface area contributed by atoms with Crippen LogP contribution in [-0.2, 0) is 14.3 Å². The number of aliphatic carboxylic acids is 1. The number of benzene rings is 1. The molecule has 0 unspecified atom stereocenters. The lowest BCUT2D eigenvalue weighted by Gasteiger charge is -2.28. The number of nitrogens with one attached hydrogen (secondary N) is 1. The summed E-state index contributed by atoms with van der Waals surface area (Å²) in [6.45, 7) is 1.97. The van der Waals surface area contributed by atoms with Gasteiger partial charge in [0.15, 0.2) is 0 Å². The van der Waals surface area contributed by atoms with Crippen molar-refractivity contribution in [2.75, 3.05) is 12.4 Å². The highest BCUT2D eigenvalue weighted by molar-refractivity contribution is 7.15. The largest absolute Gasteiger partial charge is 0.550 e. The van der Waals surface area contributed by atoms with E-state index in [1.165, 1.54) is 18.4 Å². The van der Waals surface area contributed by atoms with Gasteiger partial charge in [0, 0.05) is 22.8 Å². The van der Waals surface area contributed by atoms with Gasteiger partial charge in [0.2, 0.25) is 5.91 Å². The second-order valence-electron chi connectivity index (χ2n) is 6.68. The number of anilines is 1. The molecule has 0 aliphatic heterocycles. The monoisotopic (exact) mass is 398 g/mol. The van der Waals surface area contributed by atoms with Crippen LogP contribution in [0, 0.1) is 18.8 Å². The number of carbonyl (C=O) groups excluding carboxylic acids is 3. The fourth-order valence-electron chi connectivity index (χ4n) is 3.27. The number of rotatable bonds is 5. The Labute approximate surface area is 166 Å². The standard InChI is InChI=1S/C21H21NO5S/c1-12-7-9-13(10-8-12)16-11-28-19(17(16)21(26)27-2)22-18(23)14-5-3-4-6-15(14)20(24)25/h3-4,7-11,14-15H,5-6H2,1-2H3,(H,22,23)(H,24,25)/p-1/t14-,15+/m1/s1. The number of methoxy groups -OCH3 is 1. The average molecular weight is 398 g/mol. The summed E-state index contributed by atoms with van der Waals surface area (Å²) < 4.78 is 4.91. The summed E-state index contributed by atoms with van der Waals surface area (Å²) >= 11 is 1.21. The normalized spacial score (nSPS) is 18.5. The van der Waals surface area contributed by atoms with E-state index in [0.717, 1.165) is 11.1 Å². The number of allylic oxidation sites excluding steroid dienone is 2. The highest BCUT2D eigenvalue weighted by atomic mass is 32.1. The molecule has 1 aromatic heterocycles. The van der Waals surface area contributed by atoms with Crippen molar-refractivity contribution in [3.05, 3.63) is 52.9 Å². The van der Waals surface area contributed by atoms with Crippen molar-refractivity contribution >= 4 is 34.2 Å². The van der Waals surface area contributed by atoms with Gasteiger partial charge < -0.3 is 20.0 Å². The van der Waals surface area contributed by atoms with Gasteiger partial charge in [0.05, 0.1) is 13.0 Å². The molecule has 0 saturated carbocycles. The van der Waals surface area contributed by atoms with Crippen LogP contribution in [0.3, 0.4) is 0 Å². The smallest absolute Gasteiger partial charge is 0.341 e. The lowest BCUT2D eigenvalue weighted by atomic mass is 9.82. The molecule has 28 heavy (non-hydrogen) atoms. The second-order valence-corrected chi connectivity index (χ2v) is 7.55. The summed E-state index contributed by atoms with van der Waals surface area (Å²) in [6, 6.07) is 7.66. The Hall–Kier alpha value is -2.93. The first-order chi connectivity index (χ1) is 13.4. The molecule has 0 radical (unpaired) electrons. The molecular weight excluding hydrogens is 378 g/mol. The third-order valence-corrected chi connectivity index (χ3v) is 5.75. The summed E-state index contributed by atoms with van der Waals surface area (Å²) in [7, 11) is 1.28. The maximum atomic E-state index is 12.8. The summed E-state index contributed by atoms with van der Waals surface area (Å²) in [5, 5.41) is 16.2. The first-order valence-electron chi connectivity index (χ1n) is 8.86. The van der Waals surface area contributed by atoms with Crippen LogP contribution in [0.4, 0.5) is 5.00 Å². The van der Waals surface area contributed by atoms with Gasteiger partial charge >= 0.3 is 5.97 Å². The Bertz CT molecular complexity index is 929. The number of hydrogen-bond acceptors (Lipinski definition) is 6. The number of carboxylic acids is 1. The van der Waals surface area contributed by atoms with Gasteiger partial charge in [0.25, 0.3) is 0 Å². The fourth-order valence-corrected chi connectivity index (χ4v) is 4.23. The van der Waals surface area contributed by atoms with E-state index in [1.54, 1.807) is 17.5 Å². The summed E-state index contributed by atoms with van der Waals surface area (Å²) in [5.41, 5.74) is 2.84. The van der Waals surface area contributed by atoms with E-state index < -0.39 is 29.7 Å². The number of carbonyl (C=O) groups is 3. The molecule has 0 fully saturated rings. The van der Waals surface area contributed by atoms with Crippen molar-refractivity contribution < 1.29 is 24.2 Å². The van der Waals surface area contributed by atoms with Crippen molar-refractivity contribution in [3.8, 4) is 11.1 Å². The summed E-state index contributed by atoms with van der Waals surface area (Å²) in [6.07, 6.45) is 4.10. The van der Waals surface area contributed by atoms with Crippen LogP contribution in [0.5, 0.6) is 0 Å². The van der Waals surface area contributed by atoms with E-state index in [1.807, 2.05) is 31.2 Å². The molecule has 1 aliphatic rings. The van der Waals surface area contributed by atoms with Crippen molar-refractivity contribution in [1.82, 2.24) is 0 Å². The third-order valence-electron chi connectivity index (χ3n) is 4.85. The summed E-state index contributed by atoms with van der Waals surface area (Å²) in [4.78, 5) is 36.5. The number of amides is 1. The maximum Gasteiger partial charge on any atom is 0.341 e. The molecule has 0 saturated heterocycles. The Kier molecular flexibility index (Phi) is 5.94. The molecule has 1 amide bonds. The molecule has 0 bridgehead atoms.